The van der Waals surface area contributed by atoms with Gasteiger partial charge in [0.05, 0.1) is 18.6 Å². The maximum atomic E-state index is 11.4. The van der Waals surface area contributed by atoms with Gasteiger partial charge in [-0.1, -0.05) is 0 Å². The second-order valence-electron chi connectivity index (χ2n) is 4.47. The average Bonchev–Trinajstić information content (AvgIpc) is 2.66. The van der Waals surface area contributed by atoms with E-state index in [1.54, 1.807) is 32.9 Å². The van der Waals surface area contributed by atoms with E-state index in [0.717, 1.165) is 0 Å². The van der Waals surface area contributed by atoms with E-state index in [1.165, 1.54) is 12.3 Å². The molecule has 0 aliphatic carbocycles. The Morgan fingerprint density at radius 1 is 1.59 bits per heavy atom. The lowest BCUT2D eigenvalue weighted by molar-refractivity contribution is 0.0539. The van der Waals surface area contributed by atoms with Crippen LogP contribution < -0.4 is 5.32 Å². The normalized spacial score (nSPS) is 12.4. The fourth-order valence-electron chi connectivity index (χ4n) is 1.10. The predicted octanol–water partition coefficient (Wildman–Crippen LogP) is 2.14. The van der Waals surface area contributed by atoms with Gasteiger partial charge >= 0.3 is 6.09 Å². The van der Waals surface area contributed by atoms with Crippen LogP contribution >= 0.6 is 0 Å². The molecule has 5 heteroatoms. The average molecular weight is 239 g/mol. The van der Waals surface area contributed by atoms with Crippen molar-refractivity contribution in [1.82, 2.24) is 5.32 Å². The zero-order valence-electron chi connectivity index (χ0n) is 10.2. The van der Waals surface area contributed by atoms with E-state index in [0.29, 0.717) is 11.5 Å². The zero-order chi connectivity index (χ0) is 12.9. The number of nitrogens with one attached hydrogen (secondary N) is 1. The number of ether oxygens (including phenoxy) is 1. The summed E-state index contributed by atoms with van der Waals surface area (Å²) < 4.78 is 10.1. The third-order valence-electron chi connectivity index (χ3n) is 1.69. The summed E-state index contributed by atoms with van der Waals surface area (Å²) in [6.45, 7) is 4.99. The van der Waals surface area contributed by atoms with E-state index in [-0.39, 0.29) is 6.61 Å². The Balaban J connectivity index is 2.62. The summed E-state index contributed by atoms with van der Waals surface area (Å²) >= 11 is 0. The van der Waals surface area contributed by atoms with Gasteiger partial charge in [0.2, 0.25) is 0 Å². The number of hydrogen-bond acceptors (Lipinski definition) is 4. The molecule has 1 aromatic heterocycles. The first kappa shape index (κ1) is 13.3. The quantitative estimate of drug-likeness (QED) is 0.847. The van der Waals surface area contributed by atoms with Crippen LogP contribution in [0.4, 0.5) is 4.79 Å². The molecule has 0 bridgehead atoms. The van der Waals surface area contributed by atoms with Crippen molar-refractivity contribution in [1.29, 1.82) is 0 Å². The highest BCUT2D eigenvalue weighted by Crippen LogP contribution is 2.09. The summed E-state index contributed by atoms with van der Waals surface area (Å²) in [7, 11) is 0. The lowest BCUT2D eigenvalue weighted by atomic mass is 10.2. The molecular weight excluding hydrogens is 222 g/mol. The highest BCUT2D eigenvalue weighted by atomic mass is 16.6. The van der Waals surface area contributed by atoms with Crippen molar-refractivity contribution >= 4 is 12.2 Å². The molecule has 0 aliphatic heterocycles. The van der Waals surface area contributed by atoms with Crippen LogP contribution in [0.25, 0.3) is 6.08 Å². The Morgan fingerprint density at radius 2 is 2.29 bits per heavy atom. The van der Waals surface area contributed by atoms with Crippen LogP contribution in [-0.4, -0.2) is 23.4 Å². The lowest BCUT2D eigenvalue weighted by Crippen LogP contribution is -2.32. The number of carbonyl (C=O) groups is 1. The van der Waals surface area contributed by atoms with Crippen molar-refractivity contribution in [3.05, 3.63) is 29.9 Å². The Hall–Kier alpha value is -1.75. The summed E-state index contributed by atoms with van der Waals surface area (Å²) in [6, 6.07) is 3.43. The molecule has 5 nitrogen and oxygen atoms in total. The van der Waals surface area contributed by atoms with Crippen molar-refractivity contribution in [2.45, 2.75) is 26.4 Å². The Kier molecular flexibility index (Phi) is 4.34. The van der Waals surface area contributed by atoms with Gasteiger partial charge in [0.1, 0.15) is 11.4 Å². The molecule has 0 atom stereocenters. The van der Waals surface area contributed by atoms with Crippen LogP contribution in [0.5, 0.6) is 0 Å². The van der Waals surface area contributed by atoms with Gasteiger partial charge in [0.15, 0.2) is 0 Å². The first-order chi connectivity index (χ1) is 7.90. The van der Waals surface area contributed by atoms with E-state index in [4.69, 9.17) is 14.3 Å². The fraction of sp³-hybridized carbons (Fsp3) is 0.417. The first-order valence-corrected chi connectivity index (χ1v) is 5.25. The van der Waals surface area contributed by atoms with Crippen molar-refractivity contribution in [2.75, 3.05) is 6.61 Å². The van der Waals surface area contributed by atoms with Crippen molar-refractivity contribution in [2.24, 2.45) is 0 Å². The molecule has 0 aromatic carbocycles. The molecule has 0 aliphatic rings. The summed E-state index contributed by atoms with van der Waals surface area (Å²) in [5.41, 5.74) is -0.260. The number of amides is 1. The van der Waals surface area contributed by atoms with Crippen LogP contribution in [0.2, 0.25) is 0 Å². The largest absolute Gasteiger partial charge is 0.465 e. The molecule has 0 unspecified atom stereocenters. The maximum absolute atomic E-state index is 11.4. The minimum Gasteiger partial charge on any atom is -0.465 e. The Labute approximate surface area is 100 Å². The van der Waals surface area contributed by atoms with Crippen LogP contribution in [0, 0.1) is 0 Å². The molecule has 0 radical (unpaired) electrons. The molecule has 0 saturated carbocycles. The number of rotatable bonds is 3. The number of carbonyl (C=O) groups excluding carboxylic acids is 1. The molecule has 1 aromatic rings. The molecule has 0 fully saturated rings. The SMILES string of the molecule is CC(C)(C)OC(=O)N/C(=C\c1ccco1)CO. The Morgan fingerprint density at radius 3 is 2.76 bits per heavy atom. The molecule has 1 amide bonds. The molecular formula is C12H17NO4. The number of alkyl carbamates (subject to hydrolysis) is 1. The molecule has 1 rings (SSSR count). The van der Waals surface area contributed by atoms with E-state index in [2.05, 4.69) is 5.32 Å². The molecule has 94 valence electrons. The smallest absolute Gasteiger partial charge is 0.411 e. The van der Waals surface area contributed by atoms with E-state index in [9.17, 15) is 4.79 Å². The van der Waals surface area contributed by atoms with Crippen molar-refractivity contribution < 1.29 is 19.1 Å². The monoisotopic (exact) mass is 239 g/mol. The van der Waals surface area contributed by atoms with Gasteiger partial charge in [-0.3, -0.25) is 5.32 Å². The second-order valence-corrected chi connectivity index (χ2v) is 4.47. The zero-order valence-corrected chi connectivity index (χ0v) is 10.2. The topological polar surface area (TPSA) is 71.7 Å². The lowest BCUT2D eigenvalue weighted by Gasteiger charge is -2.20. The predicted molar refractivity (Wildman–Crippen MR) is 63.1 cm³/mol. The van der Waals surface area contributed by atoms with Crippen LogP contribution in [0.15, 0.2) is 28.5 Å². The van der Waals surface area contributed by atoms with Gasteiger partial charge in [0.25, 0.3) is 0 Å². The highest BCUT2D eigenvalue weighted by molar-refractivity contribution is 5.71. The molecule has 17 heavy (non-hydrogen) atoms. The fourth-order valence-corrected chi connectivity index (χ4v) is 1.10. The number of aliphatic hydroxyl groups is 1. The van der Waals surface area contributed by atoms with Gasteiger partial charge in [-0.05, 0) is 32.9 Å². The summed E-state index contributed by atoms with van der Waals surface area (Å²) in [5.74, 6) is 0.546. The second kappa shape index (κ2) is 5.54. The molecule has 2 N–H and O–H groups in total. The molecule has 0 saturated heterocycles. The van der Waals surface area contributed by atoms with Gasteiger partial charge in [-0.25, -0.2) is 4.79 Å². The van der Waals surface area contributed by atoms with Crippen molar-refractivity contribution in [3.8, 4) is 0 Å². The standard InChI is InChI=1S/C12H17NO4/c1-12(2,3)17-11(15)13-9(8-14)7-10-5-4-6-16-10/h4-7,14H,8H2,1-3H3,(H,13,15)/b9-7-. The van der Waals surface area contributed by atoms with Crippen LogP contribution in [0.3, 0.4) is 0 Å². The van der Waals surface area contributed by atoms with Gasteiger partial charge in [-0.2, -0.15) is 0 Å². The van der Waals surface area contributed by atoms with Gasteiger partial charge in [0, 0.05) is 6.08 Å². The third-order valence-corrected chi connectivity index (χ3v) is 1.69. The van der Waals surface area contributed by atoms with Gasteiger partial charge in [-0.15, -0.1) is 0 Å². The highest BCUT2D eigenvalue weighted by Gasteiger charge is 2.16. The summed E-state index contributed by atoms with van der Waals surface area (Å²) in [6.07, 6.45) is 2.43. The number of hydrogen-bond donors (Lipinski definition) is 2. The van der Waals surface area contributed by atoms with Crippen molar-refractivity contribution in [3.63, 3.8) is 0 Å². The third kappa shape index (κ3) is 5.21. The number of aliphatic hydroxyl groups excluding tert-OH is 1. The van der Waals surface area contributed by atoms with E-state index >= 15 is 0 Å². The maximum Gasteiger partial charge on any atom is 0.411 e. The first-order valence-electron chi connectivity index (χ1n) is 5.25. The van der Waals surface area contributed by atoms with Gasteiger partial charge < -0.3 is 14.3 Å². The minimum atomic E-state index is -0.607. The summed E-state index contributed by atoms with van der Waals surface area (Å²) in [4.78, 5) is 11.4. The van der Waals surface area contributed by atoms with E-state index in [1.807, 2.05) is 0 Å². The summed E-state index contributed by atoms with van der Waals surface area (Å²) in [5, 5.41) is 11.5. The van der Waals surface area contributed by atoms with E-state index < -0.39 is 11.7 Å². The Bertz CT molecular complexity index is 387. The molecule has 0 spiro atoms. The van der Waals surface area contributed by atoms with Crippen LogP contribution in [0.1, 0.15) is 26.5 Å². The minimum absolute atomic E-state index is 0.306. The molecule has 1 heterocycles. The van der Waals surface area contributed by atoms with Crippen LogP contribution in [-0.2, 0) is 4.74 Å². The number of furan rings is 1.